The molecule has 0 aliphatic rings. The van der Waals surface area contributed by atoms with E-state index in [9.17, 15) is 8.42 Å². The number of aliphatic hydroxyl groups excluding tert-OH is 1. The Morgan fingerprint density at radius 2 is 1.88 bits per heavy atom. The lowest BCUT2D eigenvalue weighted by atomic mass is 10.1. The van der Waals surface area contributed by atoms with E-state index in [-0.39, 0.29) is 17.1 Å². The van der Waals surface area contributed by atoms with Gasteiger partial charge in [0.1, 0.15) is 4.90 Å². The van der Waals surface area contributed by atoms with Crippen LogP contribution in [0.5, 0.6) is 0 Å². The Morgan fingerprint density at radius 1 is 1.35 bits per heavy atom. The first-order chi connectivity index (χ1) is 7.74. The van der Waals surface area contributed by atoms with Crippen LogP contribution in [-0.2, 0) is 10.0 Å². The van der Waals surface area contributed by atoms with Crippen LogP contribution in [0, 0.1) is 13.8 Å². The van der Waals surface area contributed by atoms with Crippen LogP contribution in [0.15, 0.2) is 17.0 Å². The zero-order valence-corrected chi connectivity index (χ0v) is 11.0. The molecule has 4 N–H and O–H groups in total. The maximum Gasteiger partial charge on any atom is 0.242 e. The van der Waals surface area contributed by atoms with Gasteiger partial charge in [-0.1, -0.05) is 0 Å². The topological polar surface area (TPSA) is 92.4 Å². The lowest BCUT2D eigenvalue weighted by Crippen LogP contribution is -2.31. The summed E-state index contributed by atoms with van der Waals surface area (Å²) in [5.41, 5.74) is 7.71. The van der Waals surface area contributed by atoms with Crippen LogP contribution in [0.25, 0.3) is 0 Å². The molecule has 0 amide bonds. The Kier molecular flexibility index (Phi) is 4.13. The third-order valence-electron chi connectivity index (χ3n) is 2.48. The Labute approximate surface area is 102 Å². The van der Waals surface area contributed by atoms with Crippen molar-refractivity contribution in [2.24, 2.45) is 0 Å². The number of anilines is 1. The van der Waals surface area contributed by atoms with E-state index in [4.69, 9.17) is 10.8 Å². The van der Waals surface area contributed by atoms with Crippen molar-refractivity contribution >= 4 is 15.7 Å². The van der Waals surface area contributed by atoms with Gasteiger partial charge < -0.3 is 10.8 Å². The minimum atomic E-state index is -3.66. The molecule has 17 heavy (non-hydrogen) atoms. The zero-order valence-electron chi connectivity index (χ0n) is 10.2. The van der Waals surface area contributed by atoms with Gasteiger partial charge in [-0.15, -0.1) is 0 Å². The number of nitrogens with one attached hydrogen (secondary N) is 1. The summed E-state index contributed by atoms with van der Waals surface area (Å²) >= 11 is 0. The summed E-state index contributed by atoms with van der Waals surface area (Å²) in [7, 11) is -3.66. The smallest absolute Gasteiger partial charge is 0.242 e. The van der Waals surface area contributed by atoms with Crippen molar-refractivity contribution in [3.05, 3.63) is 23.3 Å². The summed E-state index contributed by atoms with van der Waals surface area (Å²) in [6.45, 7) is 5.16. The third-order valence-corrected chi connectivity index (χ3v) is 3.96. The molecule has 1 rings (SSSR count). The molecule has 0 bridgehead atoms. The number of aryl methyl sites for hydroxylation is 2. The van der Waals surface area contributed by atoms with Gasteiger partial charge in [-0.05, 0) is 44.0 Å². The maximum atomic E-state index is 11.9. The van der Waals surface area contributed by atoms with Gasteiger partial charge in [0.15, 0.2) is 0 Å². The fourth-order valence-electron chi connectivity index (χ4n) is 1.35. The first-order valence-corrected chi connectivity index (χ1v) is 6.77. The number of nitrogens with two attached hydrogens (primary N) is 1. The van der Waals surface area contributed by atoms with Crippen molar-refractivity contribution in [3.63, 3.8) is 0 Å². The average Bonchev–Trinajstić information content (AvgIpc) is 2.20. The lowest BCUT2D eigenvalue weighted by Gasteiger charge is -2.12. The molecule has 1 unspecified atom stereocenters. The van der Waals surface area contributed by atoms with E-state index < -0.39 is 16.1 Å². The first kappa shape index (κ1) is 14.0. The standard InChI is InChI=1S/C11H18N2O3S/c1-7-4-10(12)11(5-8(7)2)17(15,16)13-6-9(3)14/h4-5,9,13-14H,6,12H2,1-3H3. The molecule has 96 valence electrons. The second-order valence-electron chi connectivity index (χ2n) is 4.18. The molecule has 0 heterocycles. The minimum Gasteiger partial charge on any atom is -0.398 e. The predicted molar refractivity (Wildman–Crippen MR) is 67.2 cm³/mol. The summed E-state index contributed by atoms with van der Waals surface area (Å²) in [4.78, 5) is 0.0567. The molecule has 0 spiro atoms. The molecule has 1 aromatic carbocycles. The summed E-state index contributed by atoms with van der Waals surface area (Å²) in [5, 5.41) is 9.07. The summed E-state index contributed by atoms with van der Waals surface area (Å²) in [5.74, 6) is 0. The number of hydrogen-bond donors (Lipinski definition) is 3. The van der Waals surface area contributed by atoms with Crippen LogP contribution in [0.4, 0.5) is 5.69 Å². The highest BCUT2D eigenvalue weighted by Gasteiger charge is 2.18. The maximum absolute atomic E-state index is 11.9. The Balaban J connectivity index is 3.11. The van der Waals surface area contributed by atoms with Crippen molar-refractivity contribution < 1.29 is 13.5 Å². The van der Waals surface area contributed by atoms with E-state index in [0.717, 1.165) is 11.1 Å². The monoisotopic (exact) mass is 258 g/mol. The lowest BCUT2D eigenvalue weighted by molar-refractivity contribution is 0.198. The second kappa shape index (κ2) is 5.03. The largest absolute Gasteiger partial charge is 0.398 e. The molecule has 1 atom stereocenters. The molecule has 0 saturated carbocycles. The third kappa shape index (κ3) is 3.42. The fraction of sp³-hybridized carbons (Fsp3) is 0.455. The Hall–Kier alpha value is -1.11. The second-order valence-corrected chi connectivity index (χ2v) is 5.91. The van der Waals surface area contributed by atoms with Gasteiger partial charge in [0, 0.05) is 6.54 Å². The van der Waals surface area contributed by atoms with Crippen LogP contribution >= 0.6 is 0 Å². The number of sulfonamides is 1. The van der Waals surface area contributed by atoms with E-state index >= 15 is 0 Å². The SMILES string of the molecule is Cc1cc(N)c(S(=O)(=O)NCC(C)O)cc1C. The van der Waals surface area contributed by atoms with Gasteiger partial charge >= 0.3 is 0 Å². The molecule has 0 saturated heterocycles. The number of benzene rings is 1. The number of hydrogen-bond acceptors (Lipinski definition) is 4. The summed E-state index contributed by atoms with van der Waals surface area (Å²) < 4.78 is 26.1. The van der Waals surface area contributed by atoms with Crippen molar-refractivity contribution in [2.75, 3.05) is 12.3 Å². The summed E-state index contributed by atoms with van der Waals surface area (Å²) in [6.07, 6.45) is -0.738. The van der Waals surface area contributed by atoms with Crippen molar-refractivity contribution in [3.8, 4) is 0 Å². The van der Waals surface area contributed by atoms with Crippen LogP contribution < -0.4 is 10.5 Å². The van der Waals surface area contributed by atoms with Gasteiger partial charge in [-0.3, -0.25) is 0 Å². The molecule has 5 nitrogen and oxygen atoms in total. The van der Waals surface area contributed by atoms with E-state index in [1.54, 1.807) is 6.07 Å². The van der Waals surface area contributed by atoms with Gasteiger partial charge in [-0.25, -0.2) is 13.1 Å². The van der Waals surface area contributed by atoms with Crippen molar-refractivity contribution in [1.29, 1.82) is 0 Å². The minimum absolute atomic E-state index is 0.0330. The molecular formula is C11H18N2O3S. The van der Waals surface area contributed by atoms with Crippen LogP contribution in [-0.4, -0.2) is 26.2 Å². The van der Waals surface area contributed by atoms with Crippen LogP contribution in [0.1, 0.15) is 18.1 Å². The van der Waals surface area contributed by atoms with E-state index in [1.165, 1.54) is 13.0 Å². The number of nitrogen functional groups attached to an aromatic ring is 1. The van der Waals surface area contributed by atoms with Gasteiger partial charge in [0.05, 0.1) is 11.8 Å². The molecule has 0 radical (unpaired) electrons. The quantitative estimate of drug-likeness (QED) is 0.687. The molecule has 0 aliphatic heterocycles. The van der Waals surface area contributed by atoms with Crippen molar-refractivity contribution in [2.45, 2.75) is 31.8 Å². The average molecular weight is 258 g/mol. The van der Waals surface area contributed by atoms with E-state index in [1.807, 2.05) is 13.8 Å². The molecule has 6 heteroatoms. The highest BCUT2D eigenvalue weighted by molar-refractivity contribution is 7.89. The predicted octanol–water partition coefficient (Wildman–Crippen LogP) is 0.545. The normalized spacial score (nSPS) is 13.6. The van der Waals surface area contributed by atoms with Crippen molar-refractivity contribution in [1.82, 2.24) is 4.72 Å². The molecule has 0 aromatic heterocycles. The highest BCUT2D eigenvalue weighted by Crippen LogP contribution is 2.22. The van der Waals surface area contributed by atoms with Gasteiger partial charge in [-0.2, -0.15) is 0 Å². The fourth-order valence-corrected chi connectivity index (χ4v) is 2.67. The molecule has 0 aliphatic carbocycles. The highest BCUT2D eigenvalue weighted by atomic mass is 32.2. The number of rotatable bonds is 4. The van der Waals surface area contributed by atoms with Crippen LogP contribution in [0.3, 0.4) is 0 Å². The van der Waals surface area contributed by atoms with E-state index in [0.29, 0.717) is 0 Å². The summed E-state index contributed by atoms with van der Waals surface area (Å²) in [6, 6.07) is 3.17. The zero-order chi connectivity index (χ0) is 13.2. The number of aliphatic hydroxyl groups is 1. The van der Waals surface area contributed by atoms with Gasteiger partial charge in [0.25, 0.3) is 0 Å². The Bertz CT molecular complexity index is 510. The molecular weight excluding hydrogens is 240 g/mol. The van der Waals surface area contributed by atoms with Gasteiger partial charge in [0.2, 0.25) is 10.0 Å². The molecule has 1 aromatic rings. The van der Waals surface area contributed by atoms with Crippen LogP contribution in [0.2, 0.25) is 0 Å². The Morgan fingerprint density at radius 3 is 2.41 bits per heavy atom. The molecule has 0 fully saturated rings. The van der Waals surface area contributed by atoms with E-state index in [2.05, 4.69) is 4.72 Å². The first-order valence-electron chi connectivity index (χ1n) is 5.28.